The Morgan fingerprint density at radius 3 is 2.37 bits per heavy atom. The van der Waals surface area contributed by atoms with Gasteiger partial charge in [-0.25, -0.2) is 0 Å². The molecule has 1 N–H and O–H groups in total. The fourth-order valence-corrected chi connectivity index (χ4v) is 4.26. The third kappa shape index (κ3) is 3.16. The molecule has 1 aliphatic carbocycles. The highest BCUT2D eigenvalue weighted by Gasteiger charge is 2.44. The van der Waals surface area contributed by atoms with Crippen LogP contribution >= 0.6 is 0 Å². The molecule has 0 bridgehead atoms. The quantitative estimate of drug-likeness (QED) is 0.845. The van der Waals surface area contributed by atoms with Gasteiger partial charge in [-0.2, -0.15) is 0 Å². The molecule has 2 rings (SSSR count). The van der Waals surface area contributed by atoms with E-state index in [1.165, 1.54) is 32.4 Å². The second-order valence-electron chi connectivity index (χ2n) is 7.98. The Hall–Kier alpha value is -0.0800. The van der Waals surface area contributed by atoms with Crippen molar-refractivity contribution in [2.45, 2.75) is 71.9 Å². The molecule has 1 aliphatic heterocycles. The van der Waals surface area contributed by atoms with Crippen LogP contribution in [0.1, 0.15) is 60.3 Å². The van der Waals surface area contributed by atoms with Crippen LogP contribution < -0.4 is 0 Å². The zero-order chi connectivity index (χ0) is 14.2. The molecule has 0 radical (unpaired) electrons. The van der Waals surface area contributed by atoms with Crippen molar-refractivity contribution in [1.29, 1.82) is 0 Å². The highest BCUT2D eigenvalue weighted by Crippen LogP contribution is 2.41. The summed E-state index contributed by atoms with van der Waals surface area (Å²) in [5.41, 5.74) is 0.156. The average molecular weight is 267 g/mol. The molecule has 4 atom stereocenters. The molecule has 19 heavy (non-hydrogen) atoms. The first kappa shape index (κ1) is 15.3. The van der Waals surface area contributed by atoms with Crippen LogP contribution in [0.3, 0.4) is 0 Å². The Balaban J connectivity index is 2.02. The lowest BCUT2D eigenvalue weighted by atomic mass is 9.71. The van der Waals surface area contributed by atoms with E-state index in [4.69, 9.17) is 0 Å². The standard InChI is InChI=1S/C17H33NO/c1-12(2)14-8-9-18(11-14)17(4,5)15-7-6-13(3)10-16(15)19/h12-16,19H,6-11H2,1-5H3/t13-,14-,15-,16-/m1/s1. The highest BCUT2D eigenvalue weighted by atomic mass is 16.3. The number of rotatable bonds is 3. The summed E-state index contributed by atoms with van der Waals surface area (Å²) in [5, 5.41) is 10.5. The van der Waals surface area contributed by atoms with Crippen molar-refractivity contribution >= 4 is 0 Å². The first-order valence-corrected chi connectivity index (χ1v) is 8.25. The van der Waals surface area contributed by atoms with Gasteiger partial charge in [0, 0.05) is 18.0 Å². The summed E-state index contributed by atoms with van der Waals surface area (Å²) in [4.78, 5) is 2.65. The molecular weight excluding hydrogens is 234 g/mol. The SMILES string of the molecule is CC(C)[C@@H]1CCN(C(C)(C)[C@@H]2CC[C@@H](C)C[C@H]2O)C1. The normalized spacial score (nSPS) is 38.1. The van der Waals surface area contributed by atoms with Crippen LogP contribution in [0.15, 0.2) is 0 Å². The third-order valence-corrected chi connectivity index (χ3v) is 5.97. The van der Waals surface area contributed by atoms with Crippen LogP contribution in [0.25, 0.3) is 0 Å². The average Bonchev–Trinajstić information content (AvgIpc) is 2.78. The molecule has 1 saturated carbocycles. The molecule has 2 fully saturated rings. The van der Waals surface area contributed by atoms with Crippen LogP contribution in [0.5, 0.6) is 0 Å². The van der Waals surface area contributed by atoms with Gasteiger partial charge in [-0.15, -0.1) is 0 Å². The van der Waals surface area contributed by atoms with Crippen LogP contribution in [-0.2, 0) is 0 Å². The molecule has 1 saturated heterocycles. The highest BCUT2D eigenvalue weighted by molar-refractivity contribution is 4.97. The van der Waals surface area contributed by atoms with E-state index in [0.717, 1.165) is 18.3 Å². The predicted octanol–water partition coefficient (Wildman–Crippen LogP) is 3.54. The second-order valence-corrected chi connectivity index (χ2v) is 7.98. The summed E-state index contributed by atoms with van der Waals surface area (Å²) in [6.45, 7) is 14.1. The minimum absolute atomic E-state index is 0.100. The zero-order valence-electron chi connectivity index (χ0n) is 13.5. The van der Waals surface area contributed by atoms with Crippen molar-refractivity contribution in [2.75, 3.05) is 13.1 Å². The maximum atomic E-state index is 10.5. The number of aliphatic hydroxyl groups excluding tert-OH is 1. The number of likely N-dealkylation sites (tertiary alicyclic amines) is 1. The Morgan fingerprint density at radius 2 is 1.84 bits per heavy atom. The van der Waals surface area contributed by atoms with Gasteiger partial charge >= 0.3 is 0 Å². The first-order chi connectivity index (χ1) is 8.82. The van der Waals surface area contributed by atoms with E-state index in [9.17, 15) is 5.11 Å². The van der Waals surface area contributed by atoms with Crippen molar-refractivity contribution < 1.29 is 5.11 Å². The topological polar surface area (TPSA) is 23.5 Å². The predicted molar refractivity (Wildman–Crippen MR) is 81.1 cm³/mol. The summed E-state index contributed by atoms with van der Waals surface area (Å²) < 4.78 is 0. The van der Waals surface area contributed by atoms with E-state index in [0.29, 0.717) is 11.8 Å². The molecule has 112 valence electrons. The molecule has 0 spiro atoms. The van der Waals surface area contributed by atoms with Crippen LogP contribution in [0.4, 0.5) is 0 Å². The molecule has 2 aliphatic rings. The summed E-state index contributed by atoms with van der Waals surface area (Å²) >= 11 is 0. The lowest BCUT2D eigenvalue weighted by molar-refractivity contribution is -0.0382. The third-order valence-electron chi connectivity index (χ3n) is 5.97. The first-order valence-electron chi connectivity index (χ1n) is 8.25. The second kappa shape index (κ2) is 5.73. The Bertz CT molecular complexity index is 300. The fraction of sp³-hybridized carbons (Fsp3) is 1.00. The van der Waals surface area contributed by atoms with Crippen LogP contribution in [-0.4, -0.2) is 34.7 Å². The van der Waals surface area contributed by atoms with E-state index in [1.807, 2.05) is 0 Å². The Kier molecular flexibility index (Phi) is 4.62. The van der Waals surface area contributed by atoms with Gasteiger partial charge in [-0.1, -0.05) is 27.2 Å². The summed E-state index contributed by atoms with van der Waals surface area (Å²) in [6, 6.07) is 0. The molecule has 1 heterocycles. The lowest BCUT2D eigenvalue weighted by Crippen LogP contribution is -2.53. The van der Waals surface area contributed by atoms with Crippen LogP contribution in [0.2, 0.25) is 0 Å². The van der Waals surface area contributed by atoms with Gasteiger partial charge in [0.2, 0.25) is 0 Å². The zero-order valence-corrected chi connectivity index (χ0v) is 13.5. The Labute approximate surface area is 119 Å². The van der Waals surface area contributed by atoms with E-state index in [2.05, 4.69) is 39.5 Å². The van der Waals surface area contributed by atoms with E-state index >= 15 is 0 Å². The lowest BCUT2D eigenvalue weighted by Gasteiger charge is -2.47. The fourth-order valence-electron chi connectivity index (χ4n) is 4.26. The minimum atomic E-state index is -0.100. The molecule has 0 aromatic carbocycles. The number of nitrogens with zero attached hydrogens (tertiary/aromatic N) is 1. The molecule has 0 aromatic rings. The number of hydrogen-bond acceptors (Lipinski definition) is 2. The molecule has 0 unspecified atom stereocenters. The summed E-state index contributed by atoms with van der Waals surface area (Å²) in [5.74, 6) is 2.79. The summed E-state index contributed by atoms with van der Waals surface area (Å²) in [6.07, 6.45) is 4.71. The molecule has 2 heteroatoms. The monoisotopic (exact) mass is 267 g/mol. The van der Waals surface area contributed by atoms with E-state index < -0.39 is 0 Å². The summed E-state index contributed by atoms with van der Waals surface area (Å²) in [7, 11) is 0. The van der Waals surface area contributed by atoms with Crippen molar-refractivity contribution in [3.05, 3.63) is 0 Å². The Morgan fingerprint density at radius 1 is 1.16 bits per heavy atom. The number of hydrogen-bond donors (Lipinski definition) is 1. The smallest absolute Gasteiger partial charge is 0.0588 e. The van der Waals surface area contributed by atoms with Gasteiger partial charge in [-0.3, -0.25) is 4.90 Å². The van der Waals surface area contributed by atoms with Crippen molar-refractivity contribution in [3.63, 3.8) is 0 Å². The van der Waals surface area contributed by atoms with E-state index in [-0.39, 0.29) is 11.6 Å². The molecule has 0 aromatic heterocycles. The van der Waals surface area contributed by atoms with Crippen molar-refractivity contribution in [2.24, 2.45) is 23.7 Å². The van der Waals surface area contributed by atoms with Gasteiger partial charge in [0.25, 0.3) is 0 Å². The van der Waals surface area contributed by atoms with Gasteiger partial charge in [0.15, 0.2) is 0 Å². The molecular formula is C17H33NO. The van der Waals surface area contributed by atoms with Gasteiger partial charge in [0.1, 0.15) is 0 Å². The maximum Gasteiger partial charge on any atom is 0.0588 e. The largest absolute Gasteiger partial charge is 0.393 e. The van der Waals surface area contributed by atoms with Crippen LogP contribution in [0, 0.1) is 23.7 Å². The maximum absolute atomic E-state index is 10.5. The minimum Gasteiger partial charge on any atom is -0.393 e. The molecule has 0 amide bonds. The van der Waals surface area contributed by atoms with Gasteiger partial charge in [0.05, 0.1) is 6.10 Å². The van der Waals surface area contributed by atoms with Crippen molar-refractivity contribution in [1.82, 2.24) is 4.90 Å². The van der Waals surface area contributed by atoms with E-state index in [1.54, 1.807) is 0 Å². The van der Waals surface area contributed by atoms with Gasteiger partial charge < -0.3 is 5.11 Å². The number of aliphatic hydroxyl groups is 1. The van der Waals surface area contributed by atoms with Gasteiger partial charge in [-0.05, 0) is 57.4 Å². The van der Waals surface area contributed by atoms with Crippen molar-refractivity contribution in [3.8, 4) is 0 Å². The molecule has 2 nitrogen and oxygen atoms in total.